The zero-order chi connectivity index (χ0) is 7.56. The van der Waals surface area contributed by atoms with Crippen molar-refractivity contribution in [3.63, 3.8) is 0 Å². The lowest BCUT2D eigenvalue weighted by Crippen LogP contribution is -2.19. The highest BCUT2D eigenvalue weighted by Crippen LogP contribution is 2.25. The van der Waals surface area contributed by atoms with Gasteiger partial charge in [0.05, 0.1) is 11.4 Å². The number of hydrogen-bond acceptors (Lipinski definition) is 3. The maximum absolute atomic E-state index is 8.41. The van der Waals surface area contributed by atoms with Crippen LogP contribution < -0.4 is 0 Å². The van der Waals surface area contributed by atoms with E-state index in [1.165, 1.54) is 0 Å². The van der Waals surface area contributed by atoms with Gasteiger partial charge in [-0.05, 0) is 19.4 Å². The maximum Gasteiger partial charge on any atom is 0.0625 e. The van der Waals surface area contributed by atoms with Crippen molar-refractivity contribution in [2.24, 2.45) is 5.92 Å². The van der Waals surface area contributed by atoms with E-state index in [0.29, 0.717) is 17.7 Å². The molecule has 56 valence electrons. The predicted octanol–water partition coefficient (Wildman–Crippen LogP) is 1.11. The molecular formula is C7H12N2S. The molecule has 0 aromatic rings. The summed E-state index contributed by atoms with van der Waals surface area (Å²) in [5.74, 6) is 0.553. The number of thiol groups is 1. The summed E-state index contributed by atoms with van der Waals surface area (Å²) in [6, 6.07) is 2.19. The molecule has 0 spiro atoms. The van der Waals surface area contributed by atoms with Crippen LogP contribution in [0.2, 0.25) is 0 Å². The molecule has 1 unspecified atom stereocenters. The monoisotopic (exact) mass is 156 g/mol. The van der Waals surface area contributed by atoms with Crippen LogP contribution in [0, 0.1) is 17.2 Å². The summed E-state index contributed by atoms with van der Waals surface area (Å²) in [6.07, 6.45) is 1.74. The van der Waals surface area contributed by atoms with Crippen molar-refractivity contribution >= 4 is 12.6 Å². The Kier molecular flexibility index (Phi) is 2.58. The van der Waals surface area contributed by atoms with Gasteiger partial charge in [0.1, 0.15) is 0 Å². The molecule has 2 atom stereocenters. The van der Waals surface area contributed by atoms with Gasteiger partial charge in [-0.15, -0.1) is 0 Å². The van der Waals surface area contributed by atoms with Crippen LogP contribution >= 0.6 is 12.6 Å². The van der Waals surface area contributed by atoms with Gasteiger partial charge in [-0.2, -0.15) is 17.9 Å². The molecule has 0 bridgehead atoms. The third-order valence-corrected chi connectivity index (χ3v) is 2.58. The van der Waals surface area contributed by atoms with Gasteiger partial charge in [0.15, 0.2) is 0 Å². The number of likely N-dealkylation sites (tertiary alicyclic amines) is 1. The Labute approximate surface area is 67.2 Å². The van der Waals surface area contributed by atoms with Gasteiger partial charge >= 0.3 is 0 Å². The highest BCUT2D eigenvalue weighted by Gasteiger charge is 2.25. The van der Waals surface area contributed by atoms with E-state index in [-0.39, 0.29) is 0 Å². The minimum atomic E-state index is 0.373. The predicted molar refractivity (Wildman–Crippen MR) is 43.7 cm³/mol. The molecule has 0 amide bonds. The first-order valence-electron chi connectivity index (χ1n) is 3.49. The zero-order valence-corrected chi connectivity index (χ0v) is 7.01. The van der Waals surface area contributed by atoms with Crippen LogP contribution in [0.4, 0.5) is 0 Å². The van der Waals surface area contributed by atoms with Crippen molar-refractivity contribution < 1.29 is 0 Å². The van der Waals surface area contributed by atoms with E-state index >= 15 is 0 Å². The molecule has 3 heteroatoms. The molecule has 1 saturated heterocycles. The fourth-order valence-electron chi connectivity index (χ4n) is 1.36. The first kappa shape index (κ1) is 7.90. The first-order chi connectivity index (χ1) is 4.74. The van der Waals surface area contributed by atoms with Crippen LogP contribution in [0.3, 0.4) is 0 Å². The molecule has 2 nitrogen and oxygen atoms in total. The molecule has 0 radical (unpaired) electrons. The second kappa shape index (κ2) is 3.27. The third kappa shape index (κ3) is 1.65. The Morgan fingerprint density at radius 2 is 2.50 bits per heavy atom. The zero-order valence-electron chi connectivity index (χ0n) is 6.12. The van der Waals surface area contributed by atoms with Crippen molar-refractivity contribution in [2.45, 2.75) is 18.2 Å². The SMILES string of the molecule is CN1CC(CC#N)C[C@H]1S. The maximum atomic E-state index is 8.41. The highest BCUT2D eigenvalue weighted by atomic mass is 32.1. The van der Waals surface area contributed by atoms with Crippen LogP contribution in [0.25, 0.3) is 0 Å². The molecule has 0 aliphatic carbocycles. The van der Waals surface area contributed by atoms with Gasteiger partial charge in [0.25, 0.3) is 0 Å². The Balaban J connectivity index is 2.35. The molecule has 1 fully saturated rings. The molecule has 10 heavy (non-hydrogen) atoms. The quantitative estimate of drug-likeness (QED) is 0.576. The summed E-state index contributed by atoms with van der Waals surface area (Å²) in [5, 5.41) is 8.78. The van der Waals surface area contributed by atoms with Crippen molar-refractivity contribution in [3.8, 4) is 6.07 Å². The Bertz CT molecular complexity index is 142. The standard InChI is InChI=1S/C7H12N2S/c1-9-5-6(2-3-8)4-7(9)10/h6-7,10H,2,4-5H2,1H3/t6?,7-/m1/s1. The average molecular weight is 156 g/mol. The molecule has 0 saturated carbocycles. The highest BCUT2D eigenvalue weighted by molar-refractivity contribution is 7.80. The second-order valence-corrected chi connectivity index (χ2v) is 3.48. The summed E-state index contributed by atoms with van der Waals surface area (Å²) in [6.45, 7) is 1.03. The first-order valence-corrected chi connectivity index (χ1v) is 4.01. The van der Waals surface area contributed by atoms with E-state index in [0.717, 1.165) is 13.0 Å². The molecule has 0 aromatic carbocycles. The number of rotatable bonds is 1. The van der Waals surface area contributed by atoms with Gasteiger partial charge in [-0.25, -0.2) is 0 Å². The molecule has 0 aromatic heterocycles. The summed E-state index contributed by atoms with van der Waals surface area (Å²) < 4.78 is 0. The summed E-state index contributed by atoms with van der Waals surface area (Å²) in [4.78, 5) is 2.19. The lowest BCUT2D eigenvalue weighted by molar-refractivity contribution is 0.378. The Morgan fingerprint density at radius 3 is 2.90 bits per heavy atom. The van der Waals surface area contributed by atoms with E-state index in [1.807, 2.05) is 0 Å². The Morgan fingerprint density at radius 1 is 1.80 bits per heavy atom. The van der Waals surface area contributed by atoms with E-state index in [2.05, 4.69) is 30.6 Å². The largest absolute Gasteiger partial charge is 0.294 e. The molecule has 1 rings (SSSR count). The van der Waals surface area contributed by atoms with Crippen molar-refractivity contribution in [2.75, 3.05) is 13.6 Å². The van der Waals surface area contributed by atoms with Gasteiger partial charge in [-0.1, -0.05) is 0 Å². The number of hydrogen-bond donors (Lipinski definition) is 1. The minimum absolute atomic E-state index is 0.373. The van der Waals surface area contributed by atoms with E-state index in [4.69, 9.17) is 5.26 Å². The molecule has 1 aliphatic rings. The van der Waals surface area contributed by atoms with Gasteiger partial charge in [0, 0.05) is 13.0 Å². The van der Waals surface area contributed by atoms with Crippen molar-refractivity contribution in [1.82, 2.24) is 4.90 Å². The summed E-state index contributed by atoms with van der Waals surface area (Å²) in [5.41, 5.74) is 0. The molecule has 1 heterocycles. The van der Waals surface area contributed by atoms with E-state index in [1.54, 1.807) is 0 Å². The lowest BCUT2D eigenvalue weighted by atomic mass is 10.1. The van der Waals surface area contributed by atoms with Crippen LogP contribution in [-0.4, -0.2) is 23.9 Å². The fourth-order valence-corrected chi connectivity index (χ4v) is 1.75. The van der Waals surface area contributed by atoms with E-state index < -0.39 is 0 Å². The van der Waals surface area contributed by atoms with Crippen molar-refractivity contribution in [3.05, 3.63) is 0 Å². The smallest absolute Gasteiger partial charge is 0.0625 e. The van der Waals surface area contributed by atoms with Crippen LogP contribution in [0.5, 0.6) is 0 Å². The second-order valence-electron chi connectivity index (χ2n) is 2.88. The lowest BCUT2D eigenvalue weighted by Gasteiger charge is -2.11. The summed E-state index contributed by atoms with van der Waals surface area (Å²) >= 11 is 4.36. The minimum Gasteiger partial charge on any atom is -0.294 e. The third-order valence-electron chi connectivity index (χ3n) is 1.98. The number of nitriles is 1. The van der Waals surface area contributed by atoms with Gasteiger partial charge in [0.2, 0.25) is 0 Å². The van der Waals surface area contributed by atoms with E-state index in [9.17, 15) is 0 Å². The average Bonchev–Trinajstić information content (AvgIpc) is 2.14. The Hall–Kier alpha value is -0.200. The molecule has 0 N–H and O–H groups in total. The number of nitrogens with zero attached hydrogens (tertiary/aromatic N) is 2. The fraction of sp³-hybridized carbons (Fsp3) is 0.857. The van der Waals surface area contributed by atoms with Crippen LogP contribution in [0.15, 0.2) is 0 Å². The van der Waals surface area contributed by atoms with Crippen LogP contribution in [0.1, 0.15) is 12.8 Å². The summed E-state index contributed by atoms with van der Waals surface area (Å²) in [7, 11) is 2.05. The normalized spacial score (nSPS) is 34.1. The van der Waals surface area contributed by atoms with Crippen molar-refractivity contribution in [1.29, 1.82) is 5.26 Å². The van der Waals surface area contributed by atoms with Gasteiger partial charge in [-0.3, -0.25) is 4.90 Å². The molecular weight excluding hydrogens is 144 g/mol. The molecule has 1 aliphatic heterocycles. The topological polar surface area (TPSA) is 27.0 Å². The van der Waals surface area contributed by atoms with Gasteiger partial charge < -0.3 is 0 Å². The van der Waals surface area contributed by atoms with Crippen LogP contribution in [-0.2, 0) is 0 Å².